The molecule has 1 unspecified atom stereocenters. The van der Waals surface area contributed by atoms with Gasteiger partial charge in [0.25, 0.3) is 0 Å². The van der Waals surface area contributed by atoms with Crippen molar-refractivity contribution in [2.75, 3.05) is 6.16 Å². The molecule has 1 atom stereocenters. The Balaban J connectivity index is 0.000000250. The van der Waals surface area contributed by atoms with Gasteiger partial charge in [-0.05, 0) is 19.0 Å². The van der Waals surface area contributed by atoms with Crippen molar-refractivity contribution in [2.45, 2.75) is 12.8 Å². The van der Waals surface area contributed by atoms with Crippen molar-refractivity contribution >= 4 is 23.9 Å². The zero-order valence-electron chi connectivity index (χ0n) is 3.85. The fourth-order valence-electron chi connectivity index (χ4n) is 0.456. The predicted molar refractivity (Wildman–Crippen MR) is 38.2 cm³/mol. The Labute approximate surface area is 43.8 Å². The SMILES string of the molecule is C1=PCCC1.P. The van der Waals surface area contributed by atoms with Crippen LogP contribution in [0.4, 0.5) is 0 Å². The number of rotatable bonds is 0. The number of hydrogen-bond acceptors (Lipinski definition) is 0. The molecule has 0 amide bonds. The molecule has 6 heavy (non-hydrogen) atoms. The molecule has 1 heterocycles. The van der Waals surface area contributed by atoms with Gasteiger partial charge in [0.2, 0.25) is 0 Å². The van der Waals surface area contributed by atoms with E-state index in [0.29, 0.717) is 0 Å². The van der Waals surface area contributed by atoms with Gasteiger partial charge in [0.1, 0.15) is 0 Å². The van der Waals surface area contributed by atoms with Crippen molar-refractivity contribution in [1.29, 1.82) is 0 Å². The van der Waals surface area contributed by atoms with Crippen LogP contribution in [0.5, 0.6) is 0 Å². The smallest absolute Gasteiger partial charge is 0.0106 e. The lowest BCUT2D eigenvalue weighted by Gasteiger charge is -1.68. The van der Waals surface area contributed by atoms with Gasteiger partial charge in [0.15, 0.2) is 0 Å². The first-order valence-electron chi connectivity index (χ1n) is 1.98. The van der Waals surface area contributed by atoms with Crippen LogP contribution in [0.15, 0.2) is 0 Å². The average molecular weight is 120 g/mol. The summed E-state index contributed by atoms with van der Waals surface area (Å²) in [5.74, 6) is 2.33. The van der Waals surface area contributed by atoms with Crippen LogP contribution in [0, 0.1) is 0 Å². The molecule has 0 aliphatic carbocycles. The van der Waals surface area contributed by atoms with Crippen LogP contribution >= 0.6 is 18.1 Å². The Bertz CT molecular complexity index is 43.5. The highest BCUT2D eigenvalue weighted by Crippen LogP contribution is 2.07. The van der Waals surface area contributed by atoms with E-state index in [1.165, 1.54) is 19.0 Å². The van der Waals surface area contributed by atoms with E-state index in [9.17, 15) is 0 Å². The van der Waals surface area contributed by atoms with Gasteiger partial charge in [-0.3, -0.25) is 0 Å². The van der Waals surface area contributed by atoms with Gasteiger partial charge in [-0.2, -0.15) is 9.90 Å². The topological polar surface area (TPSA) is 0 Å². The van der Waals surface area contributed by atoms with Crippen LogP contribution in [-0.2, 0) is 0 Å². The molecular formula is C4H10P2. The zero-order chi connectivity index (χ0) is 3.54. The van der Waals surface area contributed by atoms with Crippen molar-refractivity contribution in [1.82, 2.24) is 0 Å². The van der Waals surface area contributed by atoms with Gasteiger partial charge < -0.3 is 0 Å². The second kappa shape index (κ2) is 3.78. The largest absolute Gasteiger partial charge is 0.153 e. The van der Waals surface area contributed by atoms with Crippen LogP contribution < -0.4 is 0 Å². The fraction of sp³-hybridized carbons (Fsp3) is 0.750. The lowest BCUT2D eigenvalue weighted by molar-refractivity contribution is 1.05. The first-order valence-corrected chi connectivity index (χ1v) is 3.13. The fourth-order valence-corrected chi connectivity index (χ4v) is 1.37. The van der Waals surface area contributed by atoms with E-state index in [4.69, 9.17) is 0 Å². The van der Waals surface area contributed by atoms with E-state index in [-0.39, 0.29) is 9.90 Å². The Morgan fingerprint density at radius 1 is 1.50 bits per heavy atom. The van der Waals surface area contributed by atoms with E-state index >= 15 is 0 Å². The highest BCUT2D eigenvalue weighted by molar-refractivity contribution is 7.38. The minimum Gasteiger partial charge on any atom is -0.153 e. The maximum Gasteiger partial charge on any atom is -0.0106 e. The molecule has 1 aliphatic heterocycles. The maximum atomic E-state index is 2.33. The van der Waals surface area contributed by atoms with Crippen molar-refractivity contribution in [3.8, 4) is 0 Å². The second-order valence-electron chi connectivity index (χ2n) is 1.23. The van der Waals surface area contributed by atoms with Crippen LogP contribution in [-0.4, -0.2) is 12.0 Å². The van der Waals surface area contributed by atoms with E-state index < -0.39 is 0 Å². The molecule has 0 aromatic rings. The Morgan fingerprint density at radius 2 is 2.33 bits per heavy atom. The van der Waals surface area contributed by atoms with Crippen molar-refractivity contribution in [3.05, 3.63) is 0 Å². The molecule has 0 nitrogen and oxygen atoms in total. The van der Waals surface area contributed by atoms with Gasteiger partial charge in [-0.15, -0.1) is 8.20 Å². The summed E-state index contributed by atoms with van der Waals surface area (Å²) in [5, 5.41) is 0. The van der Waals surface area contributed by atoms with Crippen LogP contribution in [0.3, 0.4) is 0 Å². The van der Waals surface area contributed by atoms with Crippen molar-refractivity contribution < 1.29 is 0 Å². The highest BCUT2D eigenvalue weighted by Gasteiger charge is 1.85. The predicted octanol–water partition coefficient (Wildman–Crippen LogP) is 1.59. The Kier molecular flexibility index (Phi) is 4.16. The van der Waals surface area contributed by atoms with E-state index in [0.717, 1.165) is 0 Å². The summed E-state index contributed by atoms with van der Waals surface area (Å²) in [6, 6.07) is 0. The molecule has 0 spiro atoms. The molecule has 36 valence electrons. The monoisotopic (exact) mass is 120 g/mol. The molecule has 0 fully saturated rings. The average Bonchev–Trinajstić information content (AvgIpc) is 1.76. The molecule has 0 aromatic heterocycles. The van der Waals surface area contributed by atoms with Gasteiger partial charge in [0.05, 0.1) is 0 Å². The van der Waals surface area contributed by atoms with E-state index in [1.807, 2.05) is 0 Å². The minimum absolute atomic E-state index is 0. The molecule has 0 bridgehead atoms. The second-order valence-corrected chi connectivity index (χ2v) is 2.41. The molecule has 2 heteroatoms. The molecule has 0 radical (unpaired) electrons. The lowest BCUT2D eigenvalue weighted by Crippen LogP contribution is -1.60. The van der Waals surface area contributed by atoms with Crippen molar-refractivity contribution in [2.24, 2.45) is 0 Å². The lowest BCUT2D eigenvalue weighted by atomic mass is 10.4. The summed E-state index contributed by atoms with van der Waals surface area (Å²) in [6.07, 6.45) is 4.21. The Hall–Kier alpha value is 0.600. The molecule has 1 rings (SSSR count). The zero-order valence-corrected chi connectivity index (χ0v) is 6.16. The third kappa shape index (κ3) is 1.90. The summed E-state index contributed by atoms with van der Waals surface area (Å²) in [7, 11) is 1.57. The standard InChI is InChI=1S/C4H7P.H3P/c1-2-4-5-3-1;/h3H,1-2,4H2;1H3. The Morgan fingerprint density at radius 3 is 2.50 bits per heavy atom. The molecule has 1 aliphatic rings. The van der Waals surface area contributed by atoms with E-state index in [2.05, 4.69) is 5.80 Å². The van der Waals surface area contributed by atoms with Gasteiger partial charge >= 0.3 is 0 Å². The molecular weight excluding hydrogens is 110 g/mol. The highest BCUT2D eigenvalue weighted by atomic mass is 31.1. The maximum absolute atomic E-state index is 2.33. The van der Waals surface area contributed by atoms with Crippen LogP contribution in [0.1, 0.15) is 12.8 Å². The third-order valence-electron chi connectivity index (χ3n) is 0.750. The molecule has 0 N–H and O–H groups in total. The summed E-state index contributed by atoms with van der Waals surface area (Å²) in [5.41, 5.74) is 0. The summed E-state index contributed by atoms with van der Waals surface area (Å²) in [6.45, 7) is 0. The van der Waals surface area contributed by atoms with Crippen molar-refractivity contribution in [3.63, 3.8) is 0 Å². The van der Waals surface area contributed by atoms with Crippen LogP contribution in [0.2, 0.25) is 0 Å². The summed E-state index contributed by atoms with van der Waals surface area (Å²) < 4.78 is 0. The van der Waals surface area contributed by atoms with Crippen LogP contribution in [0.25, 0.3) is 0 Å². The van der Waals surface area contributed by atoms with Gasteiger partial charge in [0, 0.05) is 0 Å². The summed E-state index contributed by atoms with van der Waals surface area (Å²) >= 11 is 0. The normalized spacial score (nSPS) is 20.0. The van der Waals surface area contributed by atoms with Gasteiger partial charge in [-0.1, -0.05) is 5.80 Å². The van der Waals surface area contributed by atoms with Gasteiger partial charge in [-0.25, -0.2) is 0 Å². The van der Waals surface area contributed by atoms with E-state index in [1.54, 1.807) is 8.20 Å². The molecule has 0 saturated heterocycles. The quantitative estimate of drug-likeness (QED) is 0.426. The first kappa shape index (κ1) is 6.60. The minimum atomic E-state index is 0. The molecule has 0 saturated carbocycles. The first-order chi connectivity index (χ1) is 2.50. The molecule has 0 aromatic carbocycles. The number of hydrogen-bond donors (Lipinski definition) is 0. The summed E-state index contributed by atoms with van der Waals surface area (Å²) in [4.78, 5) is 0. The third-order valence-corrected chi connectivity index (χ3v) is 1.84.